The lowest BCUT2D eigenvalue weighted by Gasteiger charge is -2.44. The van der Waals surface area contributed by atoms with Gasteiger partial charge in [-0.05, 0) is 48.9 Å². The molecule has 1 fully saturated rings. The first-order valence-corrected chi connectivity index (χ1v) is 13.9. The number of ether oxygens (including phenoxy) is 1. The highest BCUT2D eigenvalue weighted by Gasteiger charge is 2.43. The number of piperazine rings is 1. The summed E-state index contributed by atoms with van der Waals surface area (Å²) in [7, 11) is -2.28. The van der Waals surface area contributed by atoms with Gasteiger partial charge >= 0.3 is 0 Å². The SMILES string of the molecule is COc1cc(CNC(=O)C2CN(S(=O)(=O)c3ccccc3)CC(C)N2C(=O)C(C)C)ccc1-c1ccco1. The van der Waals surface area contributed by atoms with Crippen molar-refractivity contribution in [2.75, 3.05) is 20.2 Å². The number of furan rings is 1. The van der Waals surface area contributed by atoms with Crippen molar-refractivity contribution in [1.29, 1.82) is 0 Å². The van der Waals surface area contributed by atoms with Crippen molar-refractivity contribution in [3.8, 4) is 17.1 Å². The van der Waals surface area contributed by atoms with Gasteiger partial charge < -0.3 is 19.4 Å². The molecule has 0 saturated carbocycles. The molecule has 2 heterocycles. The van der Waals surface area contributed by atoms with E-state index in [0.29, 0.717) is 11.5 Å². The van der Waals surface area contributed by atoms with Crippen LogP contribution >= 0.6 is 0 Å². The van der Waals surface area contributed by atoms with Crippen LogP contribution in [-0.4, -0.2) is 61.7 Å². The number of carbonyl (C=O) groups is 2. The Morgan fingerprint density at radius 3 is 2.45 bits per heavy atom. The number of hydrogen-bond donors (Lipinski definition) is 1. The van der Waals surface area contributed by atoms with E-state index < -0.39 is 28.0 Å². The Kier molecular flexibility index (Phi) is 8.23. The molecule has 1 aliphatic rings. The van der Waals surface area contributed by atoms with Gasteiger partial charge in [-0.3, -0.25) is 9.59 Å². The van der Waals surface area contributed by atoms with Crippen molar-refractivity contribution in [3.63, 3.8) is 0 Å². The molecule has 2 unspecified atom stereocenters. The molecule has 2 amide bonds. The minimum absolute atomic E-state index is 0.102. The Labute approximate surface area is 223 Å². The smallest absolute Gasteiger partial charge is 0.244 e. The molecule has 0 aliphatic carbocycles. The van der Waals surface area contributed by atoms with Crippen molar-refractivity contribution in [3.05, 3.63) is 72.5 Å². The average Bonchev–Trinajstić information content (AvgIpc) is 3.46. The highest BCUT2D eigenvalue weighted by Crippen LogP contribution is 2.31. The van der Waals surface area contributed by atoms with Crippen LogP contribution in [0, 0.1) is 5.92 Å². The van der Waals surface area contributed by atoms with Crippen molar-refractivity contribution in [2.45, 2.75) is 44.3 Å². The van der Waals surface area contributed by atoms with E-state index in [1.54, 1.807) is 58.4 Å². The number of methoxy groups -OCH3 is 1. The Bertz CT molecular complexity index is 1370. The Hall–Kier alpha value is -3.63. The first-order valence-electron chi connectivity index (χ1n) is 12.5. The van der Waals surface area contributed by atoms with Gasteiger partial charge in [-0.15, -0.1) is 0 Å². The van der Waals surface area contributed by atoms with E-state index in [1.807, 2.05) is 24.3 Å². The molecule has 38 heavy (non-hydrogen) atoms. The van der Waals surface area contributed by atoms with E-state index in [0.717, 1.165) is 11.1 Å². The minimum atomic E-state index is -3.84. The fourth-order valence-corrected chi connectivity index (χ4v) is 6.20. The molecule has 4 rings (SSSR count). The molecule has 2 atom stereocenters. The second-order valence-corrected chi connectivity index (χ2v) is 11.6. The summed E-state index contributed by atoms with van der Waals surface area (Å²) in [6.07, 6.45) is 1.58. The third-order valence-corrected chi connectivity index (χ3v) is 8.45. The summed E-state index contributed by atoms with van der Waals surface area (Å²) < 4.78 is 39.0. The van der Waals surface area contributed by atoms with Gasteiger partial charge in [-0.1, -0.05) is 38.1 Å². The van der Waals surface area contributed by atoms with Crippen molar-refractivity contribution in [2.24, 2.45) is 5.92 Å². The van der Waals surface area contributed by atoms with Crippen LogP contribution in [0.15, 0.2) is 76.2 Å². The second kappa shape index (κ2) is 11.4. The zero-order chi connectivity index (χ0) is 27.4. The number of sulfonamides is 1. The van der Waals surface area contributed by atoms with Crippen LogP contribution in [0.3, 0.4) is 0 Å². The number of nitrogens with one attached hydrogen (secondary N) is 1. The van der Waals surface area contributed by atoms with Crippen molar-refractivity contribution in [1.82, 2.24) is 14.5 Å². The first kappa shape index (κ1) is 27.4. The first-order chi connectivity index (χ1) is 18.1. The predicted octanol–water partition coefficient (Wildman–Crippen LogP) is 3.52. The maximum Gasteiger partial charge on any atom is 0.244 e. The van der Waals surface area contributed by atoms with E-state index >= 15 is 0 Å². The Balaban J connectivity index is 1.56. The molecule has 1 saturated heterocycles. The number of hydrogen-bond acceptors (Lipinski definition) is 6. The summed E-state index contributed by atoms with van der Waals surface area (Å²) in [6.45, 7) is 5.45. The third-order valence-electron chi connectivity index (χ3n) is 6.61. The van der Waals surface area contributed by atoms with Crippen molar-refractivity contribution < 1.29 is 27.2 Å². The molecular weight excluding hydrogens is 506 g/mol. The molecule has 1 N–H and O–H groups in total. The molecule has 2 aromatic carbocycles. The maximum atomic E-state index is 13.5. The lowest BCUT2D eigenvalue weighted by Crippen LogP contribution is -2.65. The monoisotopic (exact) mass is 539 g/mol. The van der Waals surface area contributed by atoms with E-state index in [2.05, 4.69) is 5.32 Å². The Morgan fingerprint density at radius 2 is 1.82 bits per heavy atom. The lowest BCUT2D eigenvalue weighted by atomic mass is 10.0. The van der Waals surface area contributed by atoms with Crippen LogP contribution in [0.1, 0.15) is 26.3 Å². The zero-order valence-electron chi connectivity index (χ0n) is 22.0. The number of amides is 2. The molecule has 0 spiro atoms. The molecule has 0 bridgehead atoms. The molecule has 10 heteroatoms. The van der Waals surface area contributed by atoms with Gasteiger partial charge in [0.15, 0.2) is 0 Å². The van der Waals surface area contributed by atoms with Crippen LogP contribution in [0.2, 0.25) is 0 Å². The summed E-state index contributed by atoms with van der Waals surface area (Å²) in [5, 5.41) is 2.90. The zero-order valence-corrected chi connectivity index (χ0v) is 22.8. The molecule has 0 radical (unpaired) electrons. The molecular formula is C28H33N3O6S. The van der Waals surface area contributed by atoms with Gasteiger partial charge in [-0.25, -0.2) is 8.42 Å². The van der Waals surface area contributed by atoms with E-state index in [4.69, 9.17) is 9.15 Å². The van der Waals surface area contributed by atoms with Gasteiger partial charge in [0, 0.05) is 31.6 Å². The predicted molar refractivity (Wildman–Crippen MR) is 143 cm³/mol. The number of nitrogens with zero attached hydrogens (tertiary/aromatic N) is 2. The topological polar surface area (TPSA) is 109 Å². The van der Waals surface area contributed by atoms with E-state index in [1.165, 1.54) is 21.3 Å². The van der Waals surface area contributed by atoms with Crippen LogP contribution in [0.5, 0.6) is 5.75 Å². The minimum Gasteiger partial charge on any atom is -0.496 e. The highest BCUT2D eigenvalue weighted by atomic mass is 32.2. The van der Waals surface area contributed by atoms with Gasteiger partial charge in [-0.2, -0.15) is 4.31 Å². The largest absolute Gasteiger partial charge is 0.496 e. The lowest BCUT2D eigenvalue weighted by molar-refractivity contribution is -0.148. The van der Waals surface area contributed by atoms with E-state index in [9.17, 15) is 18.0 Å². The van der Waals surface area contributed by atoms with Crippen LogP contribution in [0.4, 0.5) is 0 Å². The van der Waals surface area contributed by atoms with E-state index in [-0.39, 0.29) is 36.4 Å². The van der Waals surface area contributed by atoms with Crippen LogP contribution < -0.4 is 10.1 Å². The van der Waals surface area contributed by atoms with Gasteiger partial charge in [0.2, 0.25) is 21.8 Å². The fraction of sp³-hybridized carbons (Fsp3) is 0.357. The normalized spacial score (nSPS) is 18.4. The standard InChI is InChI=1S/C28H33N3O6S/c1-19(2)28(33)31-20(3)17-30(38(34,35)22-9-6-5-7-10-22)18-24(31)27(32)29-16-21-12-13-23(26(15-21)36-4)25-11-8-14-37-25/h5-15,19-20,24H,16-18H2,1-4H3,(H,29,32). The number of benzene rings is 2. The number of rotatable bonds is 8. The number of carbonyl (C=O) groups excluding carboxylic acids is 2. The highest BCUT2D eigenvalue weighted by molar-refractivity contribution is 7.89. The van der Waals surface area contributed by atoms with Gasteiger partial charge in [0.25, 0.3) is 0 Å². The summed E-state index contributed by atoms with van der Waals surface area (Å²) in [4.78, 5) is 28.3. The summed E-state index contributed by atoms with van der Waals surface area (Å²) in [6, 6.07) is 15.8. The van der Waals surface area contributed by atoms with Crippen LogP contribution in [0.25, 0.3) is 11.3 Å². The molecule has 202 valence electrons. The van der Waals surface area contributed by atoms with Gasteiger partial charge in [0.1, 0.15) is 17.6 Å². The average molecular weight is 540 g/mol. The second-order valence-electron chi connectivity index (χ2n) is 9.63. The van der Waals surface area contributed by atoms with Crippen LogP contribution in [-0.2, 0) is 26.2 Å². The quantitative estimate of drug-likeness (QED) is 0.469. The molecule has 1 aromatic heterocycles. The summed E-state index contributed by atoms with van der Waals surface area (Å²) in [5.41, 5.74) is 1.56. The molecule has 9 nitrogen and oxygen atoms in total. The molecule has 3 aromatic rings. The molecule has 1 aliphatic heterocycles. The third kappa shape index (κ3) is 5.61. The van der Waals surface area contributed by atoms with Crippen molar-refractivity contribution >= 4 is 21.8 Å². The van der Waals surface area contributed by atoms with Gasteiger partial charge in [0.05, 0.1) is 23.8 Å². The fourth-order valence-electron chi connectivity index (χ4n) is 4.65. The summed E-state index contributed by atoms with van der Waals surface area (Å²) >= 11 is 0. The summed E-state index contributed by atoms with van der Waals surface area (Å²) in [5.74, 6) is 0.293. The Morgan fingerprint density at radius 1 is 1.08 bits per heavy atom. The maximum absolute atomic E-state index is 13.5.